The zero-order valence-electron chi connectivity index (χ0n) is 13.1. The molecule has 2 saturated carbocycles. The van der Waals surface area contributed by atoms with Crippen molar-refractivity contribution in [2.45, 2.75) is 48.8 Å². The summed E-state index contributed by atoms with van der Waals surface area (Å²) in [6.07, 6.45) is 4.12. The molecule has 3 aliphatic rings. The fraction of sp³-hybridized carbons (Fsp3) is 0.647. The van der Waals surface area contributed by atoms with E-state index in [1.165, 1.54) is 12.8 Å². The largest absolute Gasteiger partial charge is 0.375 e. The lowest BCUT2D eigenvalue weighted by Gasteiger charge is -2.38. The van der Waals surface area contributed by atoms with Crippen LogP contribution in [0, 0.1) is 5.92 Å². The molecule has 3 atom stereocenters. The Hall–Kier alpha value is -0.950. The average Bonchev–Trinajstić information content (AvgIpc) is 3.32. The first-order valence-corrected chi connectivity index (χ1v) is 9.90. The van der Waals surface area contributed by atoms with Crippen LogP contribution in [0.3, 0.4) is 0 Å². The van der Waals surface area contributed by atoms with Crippen molar-refractivity contribution >= 4 is 10.0 Å². The third-order valence-electron chi connectivity index (χ3n) is 5.08. The van der Waals surface area contributed by atoms with Crippen LogP contribution in [0.25, 0.3) is 0 Å². The minimum Gasteiger partial charge on any atom is -0.375 e. The fourth-order valence-corrected chi connectivity index (χ4v) is 5.30. The summed E-state index contributed by atoms with van der Waals surface area (Å²) in [5.74, 6) is 0.710. The Morgan fingerprint density at radius 2 is 1.91 bits per heavy atom. The van der Waals surface area contributed by atoms with Crippen LogP contribution in [0.4, 0.5) is 0 Å². The monoisotopic (exact) mass is 337 g/mol. The van der Waals surface area contributed by atoms with Gasteiger partial charge < -0.3 is 9.47 Å². The summed E-state index contributed by atoms with van der Waals surface area (Å²) in [6, 6.07) is 8.59. The molecule has 1 aliphatic heterocycles. The third kappa shape index (κ3) is 3.05. The molecule has 1 aromatic carbocycles. The second-order valence-corrected chi connectivity index (χ2v) is 8.61. The summed E-state index contributed by atoms with van der Waals surface area (Å²) in [5, 5.41) is 0. The van der Waals surface area contributed by atoms with Crippen molar-refractivity contribution in [2.75, 3.05) is 19.8 Å². The highest BCUT2D eigenvalue weighted by atomic mass is 32.2. The lowest BCUT2D eigenvalue weighted by atomic mass is 10.1. The Labute approximate surface area is 137 Å². The molecule has 126 valence electrons. The molecule has 0 radical (unpaired) electrons. The molecular formula is C17H23NO4S. The van der Waals surface area contributed by atoms with E-state index in [9.17, 15) is 8.42 Å². The van der Waals surface area contributed by atoms with E-state index < -0.39 is 10.0 Å². The van der Waals surface area contributed by atoms with Crippen molar-refractivity contribution in [1.29, 1.82) is 0 Å². The van der Waals surface area contributed by atoms with Crippen molar-refractivity contribution < 1.29 is 17.9 Å². The number of fused-ring (bicyclic) bond motifs is 1. The molecule has 0 amide bonds. The average molecular weight is 337 g/mol. The minimum absolute atomic E-state index is 0.0365. The van der Waals surface area contributed by atoms with Crippen LogP contribution in [0.1, 0.15) is 25.7 Å². The maximum atomic E-state index is 12.9. The first kappa shape index (κ1) is 15.6. The normalized spacial score (nSPS) is 31.9. The molecule has 1 aromatic rings. The van der Waals surface area contributed by atoms with Crippen LogP contribution in [0.15, 0.2) is 35.2 Å². The number of ether oxygens (including phenoxy) is 2. The lowest BCUT2D eigenvalue weighted by Crippen LogP contribution is -2.53. The zero-order valence-corrected chi connectivity index (χ0v) is 14.0. The van der Waals surface area contributed by atoms with Crippen molar-refractivity contribution in [3.05, 3.63) is 30.3 Å². The van der Waals surface area contributed by atoms with Gasteiger partial charge in [0.05, 0.1) is 23.6 Å². The third-order valence-corrected chi connectivity index (χ3v) is 7.02. The van der Waals surface area contributed by atoms with Crippen molar-refractivity contribution in [1.82, 2.24) is 4.31 Å². The SMILES string of the molecule is O=S(=O)(c1ccccc1)N1CCO[C@H]2[C@H](OCC3CC3)CC[C@@H]21. The lowest BCUT2D eigenvalue weighted by molar-refractivity contribution is -0.0977. The van der Waals surface area contributed by atoms with Gasteiger partial charge in [-0.1, -0.05) is 18.2 Å². The second kappa shape index (κ2) is 6.16. The molecule has 6 heteroatoms. The van der Waals surface area contributed by atoms with Gasteiger partial charge in [0.25, 0.3) is 0 Å². The topological polar surface area (TPSA) is 55.8 Å². The molecule has 0 spiro atoms. The Kier molecular flexibility index (Phi) is 4.17. The molecule has 23 heavy (non-hydrogen) atoms. The maximum Gasteiger partial charge on any atom is 0.243 e. The van der Waals surface area contributed by atoms with Crippen LogP contribution in [-0.4, -0.2) is 50.7 Å². The highest BCUT2D eigenvalue weighted by Crippen LogP contribution is 2.37. The number of rotatable bonds is 5. The van der Waals surface area contributed by atoms with Crippen LogP contribution in [-0.2, 0) is 19.5 Å². The Morgan fingerprint density at radius 3 is 2.65 bits per heavy atom. The van der Waals surface area contributed by atoms with Gasteiger partial charge >= 0.3 is 0 Å². The summed E-state index contributed by atoms with van der Waals surface area (Å²) in [5.41, 5.74) is 0. The van der Waals surface area contributed by atoms with Crippen molar-refractivity contribution in [2.24, 2.45) is 5.92 Å². The molecule has 2 aliphatic carbocycles. The summed E-state index contributed by atoms with van der Waals surface area (Å²) in [4.78, 5) is 0.364. The van der Waals surface area contributed by atoms with Gasteiger partial charge in [-0.15, -0.1) is 0 Å². The Balaban J connectivity index is 1.51. The molecule has 0 unspecified atom stereocenters. The molecule has 4 rings (SSSR count). The number of sulfonamides is 1. The molecule has 3 fully saturated rings. The molecular weight excluding hydrogens is 314 g/mol. The second-order valence-electron chi connectivity index (χ2n) is 6.72. The number of benzene rings is 1. The van der Waals surface area contributed by atoms with Gasteiger partial charge in [-0.05, 0) is 43.7 Å². The summed E-state index contributed by atoms with van der Waals surface area (Å²) >= 11 is 0. The smallest absolute Gasteiger partial charge is 0.243 e. The first-order chi connectivity index (χ1) is 11.2. The van der Waals surface area contributed by atoms with Gasteiger partial charge in [0.1, 0.15) is 6.10 Å². The van der Waals surface area contributed by atoms with Gasteiger partial charge in [-0.25, -0.2) is 8.42 Å². The van der Waals surface area contributed by atoms with Crippen LogP contribution < -0.4 is 0 Å². The highest BCUT2D eigenvalue weighted by molar-refractivity contribution is 7.89. The van der Waals surface area contributed by atoms with Crippen LogP contribution in [0.5, 0.6) is 0 Å². The Bertz CT molecular complexity index is 644. The van der Waals surface area contributed by atoms with E-state index in [1.54, 1.807) is 28.6 Å². The van der Waals surface area contributed by atoms with Gasteiger partial charge in [0.15, 0.2) is 0 Å². The van der Waals surface area contributed by atoms with E-state index >= 15 is 0 Å². The first-order valence-electron chi connectivity index (χ1n) is 8.46. The number of hydrogen-bond donors (Lipinski definition) is 0. The van der Waals surface area contributed by atoms with Gasteiger partial charge in [0, 0.05) is 13.2 Å². The summed E-state index contributed by atoms with van der Waals surface area (Å²) in [6.45, 7) is 1.66. The minimum atomic E-state index is -3.46. The standard InChI is InChI=1S/C17H23NO4S/c19-23(20,14-4-2-1-3-5-14)18-10-11-21-17-15(18)8-9-16(17)22-12-13-6-7-13/h1-5,13,15-17H,6-12H2/t15-,16+,17+/m0/s1. The zero-order chi connectivity index (χ0) is 15.9. The van der Waals surface area contributed by atoms with Gasteiger partial charge in [0.2, 0.25) is 10.0 Å². The number of morpholine rings is 1. The summed E-state index contributed by atoms with van der Waals surface area (Å²) < 4.78 is 39.4. The van der Waals surface area contributed by atoms with E-state index in [1.807, 2.05) is 6.07 Å². The Morgan fingerprint density at radius 1 is 1.13 bits per heavy atom. The highest BCUT2D eigenvalue weighted by Gasteiger charge is 2.47. The molecule has 1 saturated heterocycles. The van der Waals surface area contributed by atoms with Crippen LogP contribution in [0.2, 0.25) is 0 Å². The fourth-order valence-electron chi connectivity index (χ4n) is 3.63. The van der Waals surface area contributed by atoms with E-state index in [0.717, 1.165) is 19.4 Å². The van der Waals surface area contributed by atoms with Crippen molar-refractivity contribution in [3.8, 4) is 0 Å². The van der Waals surface area contributed by atoms with Gasteiger partial charge in [-0.3, -0.25) is 0 Å². The van der Waals surface area contributed by atoms with Crippen LogP contribution >= 0.6 is 0 Å². The van der Waals surface area contributed by atoms with E-state index in [0.29, 0.717) is 24.0 Å². The maximum absolute atomic E-state index is 12.9. The van der Waals surface area contributed by atoms with E-state index in [4.69, 9.17) is 9.47 Å². The molecule has 0 N–H and O–H groups in total. The van der Waals surface area contributed by atoms with Gasteiger partial charge in [-0.2, -0.15) is 4.31 Å². The molecule has 1 heterocycles. The van der Waals surface area contributed by atoms with E-state index in [-0.39, 0.29) is 18.2 Å². The predicted molar refractivity (Wildman–Crippen MR) is 85.6 cm³/mol. The molecule has 5 nitrogen and oxygen atoms in total. The summed E-state index contributed by atoms with van der Waals surface area (Å²) in [7, 11) is -3.46. The number of hydrogen-bond acceptors (Lipinski definition) is 4. The van der Waals surface area contributed by atoms with Crippen molar-refractivity contribution in [3.63, 3.8) is 0 Å². The number of nitrogens with zero attached hydrogens (tertiary/aromatic N) is 1. The molecule has 0 bridgehead atoms. The van der Waals surface area contributed by atoms with E-state index in [2.05, 4.69) is 0 Å². The molecule has 0 aromatic heterocycles. The predicted octanol–water partition coefficient (Wildman–Crippen LogP) is 2.03. The quantitative estimate of drug-likeness (QED) is 0.825.